The molecule has 0 aliphatic heterocycles. The van der Waals surface area contributed by atoms with E-state index in [2.05, 4.69) is 0 Å². The second kappa shape index (κ2) is 5.99. The SMILES string of the molecule is Nc1cc(Cl)ccc1SCc1ccc(C(=O)[O-])cc1. The third kappa shape index (κ3) is 3.66. The Morgan fingerprint density at radius 1 is 1.21 bits per heavy atom. The fourth-order valence-corrected chi connectivity index (χ4v) is 2.63. The van der Waals surface area contributed by atoms with Crippen LogP contribution in [0.15, 0.2) is 47.4 Å². The molecule has 0 bridgehead atoms. The maximum atomic E-state index is 10.6. The number of hydrogen-bond donors (Lipinski definition) is 1. The lowest BCUT2D eigenvalue weighted by Crippen LogP contribution is -2.21. The molecule has 0 aliphatic carbocycles. The van der Waals surface area contributed by atoms with Crippen LogP contribution in [0.25, 0.3) is 0 Å². The van der Waals surface area contributed by atoms with Crippen molar-refractivity contribution in [1.82, 2.24) is 0 Å². The maximum absolute atomic E-state index is 10.6. The summed E-state index contributed by atoms with van der Waals surface area (Å²) in [7, 11) is 0. The van der Waals surface area contributed by atoms with E-state index in [1.807, 2.05) is 6.07 Å². The quantitative estimate of drug-likeness (QED) is 0.695. The molecule has 0 saturated carbocycles. The first-order valence-electron chi connectivity index (χ1n) is 5.54. The molecule has 0 amide bonds. The topological polar surface area (TPSA) is 66.2 Å². The Morgan fingerprint density at radius 2 is 1.89 bits per heavy atom. The Labute approximate surface area is 120 Å². The van der Waals surface area contributed by atoms with Crippen LogP contribution in [0, 0.1) is 0 Å². The van der Waals surface area contributed by atoms with Crippen molar-refractivity contribution in [2.24, 2.45) is 0 Å². The van der Waals surface area contributed by atoms with E-state index in [0.29, 0.717) is 16.5 Å². The summed E-state index contributed by atoms with van der Waals surface area (Å²) in [5.41, 5.74) is 7.70. The van der Waals surface area contributed by atoms with E-state index in [9.17, 15) is 9.90 Å². The predicted molar refractivity (Wildman–Crippen MR) is 76.2 cm³/mol. The maximum Gasteiger partial charge on any atom is 0.0715 e. The molecule has 2 N–H and O–H groups in total. The van der Waals surface area contributed by atoms with Gasteiger partial charge in [0.05, 0.1) is 5.97 Å². The lowest BCUT2D eigenvalue weighted by atomic mass is 10.1. The van der Waals surface area contributed by atoms with Crippen LogP contribution in [-0.4, -0.2) is 5.97 Å². The van der Waals surface area contributed by atoms with Gasteiger partial charge in [-0.25, -0.2) is 0 Å². The van der Waals surface area contributed by atoms with E-state index in [4.69, 9.17) is 17.3 Å². The van der Waals surface area contributed by atoms with Gasteiger partial charge in [0.25, 0.3) is 0 Å². The molecule has 0 aromatic heterocycles. The Hall–Kier alpha value is -1.65. The van der Waals surface area contributed by atoms with Gasteiger partial charge in [-0.15, -0.1) is 11.8 Å². The minimum atomic E-state index is -1.17. The number of nitrogens with two attached hydrogens (primary N) is 1. The number of carbonyl (C=O) groups is 1. The number of hydrogen-bond acceptors (Lipinski definition) is 4. The number of carboxylic acids is 1. The minimum Gasteiger partial charge on any atom is -0.545 e. The molecule has 0 aliphatic rings. The van der Waals surface area contributed by atoms with Crippen molar-refractivity contribution in [3.8, 4) is 0 Å². The van der Waals surface area contributed by atoms with Crippen LogP contribution in [0.5, 0.6) is 0 Å². The second-order valence-electron chi connectivity index (χ2n) is 3.96. The normalized spacial score (nSPS) is 10.4. The van der Waals surface area contributed by atoms with E-state index >= 15 is 0 Å². The fraction of sp³-hybridized carbons (Fsp3) is 0.0714. The Kier molecular flexibility index (Phi) is 4.35. The van der Waals surface area contributed by atoms with Crippen LogP contribution >= 0.6 is 23.4 Å². The summed E-state index contributed by atoms with van der Waals surface area (Å²) in [5.74, 6) is -0.458. The van der Waals surface area contributed by atoms with Gasteiger partial charge >= 0.3 is 0 Å². The lowest BCUT2D eigenvalue weighted by Gasteiger charge is -2.07. The molecule has 19 heavy (non-hydrogen) atoms. The van der Waals surface area contributed by atoms with Crippen LogP contribution in [0.3, 0.4) is 0 Å². The van der Waals surface area contributed by atoms with Crippen LogP contribution in [0.1, 0.15) is 15.9 Å². The monoisotopic (exact) mass is 292 g/mol. The lowest BCUT2D eigenvalue weighted by molar-refractivity contribution is -0.255. The largest absolute Gasteiger partial charge is 0.545 e. The van der Waals surface area contributed by atoms with E-state index in [1.54, 1.807) is 36.0 Å². The van der Waals surface area contributed by atoms with Gasteiger partial charge in [-0.3, -0.25) is 0 Å². The van der Waals surface area contributed by atoms with Gasteiger partial charge in [0, 0.05) is 21.4 Å². The predicted octanol–water partition coefficient (Wildman–Crippen LogP) is 2.58. The molecule has 2 aromatic carbocycles. The number of benzene rings is 2. The first kappa shape index (κ1) is 13.8. The third-order valence-corrected chi connectivity index (χ3v) is 3.95. The fourth-order valence-electron chi connectivity index (χ4n) is 1.55. The molecule has 2 rings (SSSR count). The van der Waals surface area contributed by atoms with Crippen LogP contribution in [0.2, 0.25) is 5.02 Å². The van der Waals surface area contributed by atoms with Gasteiger partial charge in [0.1, 0.15) is 0 Å². The summed E-state index contributed by atoms with van der Waals surface area (Å²) < 4.78 is 0. The summed E-state index contributed by atoms with van der Waals surface area (Å²) in [5, 5.41) is 11.2. The summed E-state index contributed by atoms with van der Waals surface area (Å²) in [4.78, 5) is 11.6. The number of halogens is 1. The van der Waals surface area contributed by atoms with Crippen molar-refractivity contribution in [3.05, 3.63) is 58.6 Å². The van der Waals surface area contributed by atoms with E-state index in [1.165, 1.54) is 12.1 Å². The highest BCUT2D eigenvalue weighted by Crippen LogP contribution is 2.30. The molecule has 98 valence electrons. The Morgan fingerprint density at radius 3 is 2.47 bits per heavy atom. The highest BCUT2D eigenvalue weighted by atomic mass is 35.5. The van der Waals surface area contributed by atoms with Crippen molar-refractivity contribution in [2.75, 3.05) is 5.73 Å². The van der Waals surface area contributed by atoms with Crippen molar-refractivity contribution in [2.45, 2.75) is 10.6 Å². The zero-order valence-corrected chi connectivity index (χ0v) is 11.5. The standard InChI is InChI=1S/C14H12ClNO2S/c15-11-5-6-13(12(16)7-11)19-8-9-1-3-10(4-2-9)14(17)18/h1-7H,8,16H2,(H,17,18)/p-1. The summed E-state index contributed by atoms with van der Waals surface area (Å²) in [6, 6.07) is 12.0. The first-order valence-corrected chi connectivity index (χ1v) is 6.91. The summed E-state index contributed by atoms with van der Waals surface area (Å²) in [6.45, 7) is 0. The highest BCUT2D eigenvalue weighted by molar-refractivity contribution is 7.98. The Bertz CT molecular complexity index is 599. The molecule has 2 aromatic rings. The molecule has 0 saturated heterocycles. The van der Waals surface area contributed by atoms with Gasteiger partial charge in [-0.1, -0.05) is 35.9 Å². The average Bonchev–Trinajstić information content (AvgIpc) is 2.38. The second-order valence-corrected chi connectivity index (χ2v) is 5.41. The molecule has 0 radical (unpaired) electrons. The van der Waals surface area contributed by atoms with Gasteiger partial charge in [0.15, 0.2) is 0 Å². The molecular formula is C14H11ClNO2S-. The van der Waals surface area contributed by atoms with Crippen molar-refractivity contribution < 1.29 is 9.90 Å². The van der Waals surface area contributed by atoms with Crippen molar-refractivity contribution >= 4 is 35.0 Å². The zero-order chi connectivity index (χ0) is 13.8. The van der Waals surface area contributed by atoms with Gasteiger partial charge in [0.2, 0.25) is 0 Å². The van der Waals surface area contributed by atoms with Crippen LogP contribution in [-0.2, 0) is 5.75 Å². The number of carboxylic acid groups (broad SMARTS) is 1. The smallest absolute Gasteiger partial charge is 0.0715 e. The first-order chi connectivity index (χ1) is 9.06. The van der Waals surface area contributed by atoms with Crippen LogP contribution in [0.4, 0.5) is 5.69 Å². The molecule has 0 atom stereocenters. The van der Waals surface area contributed by atoms with Crippen molar-refractivity contribution in [3.63, 3.8) is 0 Å². The van der Waals surface area contributed by atoms with E-state index < -0.39 is 5.97 Å². The molecule has 0 heterocycles. The van der Waals surface area contributed by atoms with Crippen molar-refractivity contribution in [1.29, 1.82) is 0 Å². The average molecular weight is 293 g/mol. The van der Waals surface area contributed by atoms with Gasteiger partial charge < -0.3 is 15.6 Å². The molecule has 3 nitrogen and oxygen atoms in total. The van der Waals surface area contributed by atoms with Crippen LogP contribution < -0.4 is 10.8 Å². The molecule has 0 spiro atoms. The van der Waals surface area contributed by atoms with E-state index in [0.717, 1.165) is 10.5 Å². The number of aromatic carboxylic acids is 1. The summed E-state index contributed by atoms with van der Waals surface area (Å²) in [6.07, 6.45) is 0. The molecular weight excluding hydrogens is 282 g/mol. The number of carbonyl (C=O) groups excluding carboxylic acids is 1. The number of thioether (sulfide) groups is 1. The van der Waals surface area contributed by atoms with Gasteiger partial charge in [-0.05, 0) is 29.3 Å². The number of anilines is 1. The number of rotatable bonds is 4. The molecule has 0 unspecified atom stereocenters. The number of nitrogen functional groups attached to an aromatic ring is 1. The summed E-state index contributed by atoms with van der Waals surface area (Å²) >= 11 is 7.41. The highest BCUT2D eigenvalue weighted by Gasteiger charge is 2.02. The molecule has 5 heteroatoms. The molecule has 0 fully saturated rings. The zero-order valence-electron chi connectivity index (χ0n) is 9.93. The third-order valence-electron chi connectivity index (χ3n) is 2.56. The van der Waals surface area contributed by atoms with Gasteiger partial charge in [-0.2, -0.15) is 0 Å². The minimum absolute atomic E-state index is 0.180. The Balaban J connectivity index is 2.04. The van der Waals surface area contributed by atoms with E-state index in [-0.39, 0.29) is 5.56 Å².